The number of ether oxygens (including phenoxy) is 1. The largest absolute Gasteiger partial charge is 0.481 e. The number of nitrogens with zero attached hydrogens (tertiary/aromatic N) is 6. The van der Waals surface area contributed by atoms with Crippen LogP contribution in [-0.4, -0.2) is 202 Å². The lowest BCUT2D eigenvalue weighted by molar-refractivity contribution is -0.144. The number of hydrogen-bond acceptors (Lipinski definition) is 22. The first-order valence-corrected chi connectivity index (χ1v) is 51.0. The van der Waals surface area contributed by atoms with E-state index in [9.17, 15) is 63.3 Å². The second kappa shape index (κ2) is 57.1. The molecule has 3 aromatic carbocycles. The molecule has 3 aromatic heterocycles. The number of nitrogens with one attached hydrogen (secondary N) is 6. The summed E-state index contributed by atoms with van der Waals surface area (Å²) in [5.41, 5.74) is 24.0. The van der Waals surface area contributed by atoms with E-state index in [1.165, 1.54) is 59.6 Å². The molecule has 3 fully saturated rings. The summed E-state index contributed by atoms with van der Waals surface area (Å²) in [6.45, 7) is 33.2. The Labute approximate surface area is 808 Å². The van der Waals surface area contributed by atoms with Crippen molar-refractivity contribution in [1.82, 2.24) is 61.6 Å². The molecule has 32 heteroatoms. The molecule has 0 unspecified atom stereocenters. The lowest BCUT2D eigenvalue weighted by Gasteiger charge is -2.35. The number of unbranched alkanes of at least 4 members (excludes halogenated alkanes) is 19. The normalized spacial score (nSPS) is 17.3. The Morgan fingerprint density at radius 2 is 0.716 bits per heavy atom. The second-order valence-electron chi connectivity index (χ2n) is 40.1. The number of thiazole rings is 3. The molecule has 6 aromatic rings. The first-order chi connectivity index (χ1) is 63.4. The Balaban J connectivity index is 0.000000295. The number of aliphatic hydroxyl groups is 3. The number of aryl methyl sites for hydroxylation is 3. The Bertz CT molecular complexity index is 4590. The summed E-state index contributed by atoms with van der Waals surface area (Å²) < 4.78 is 5.23. The van der Waals surface area contributed by atoms with Gasteiger partial charge in [0.05, 0.1) is 72.6 Å². The Morgan fingerprint density at radius 1 is 0.418 bits per heavy atom. The SMILES string of the molecule is CCCCCCCCCCC(=O)O.Cc1ncsc1-c1ccc(CNC(=O)[C@@H]2C[C@@H](O)CN2C(=O)[C@@H](N)C(C)(C)C)cc1.Cc1ncsc1-c1ccc(CNC(=O)[C@@H]2C[C@@H](O)CN2C(=O)[C@@H](NC(=O)CCCCCCCCCN)C(C)(C)C)cc1.Cc1ncsc1-c1ccc(CNC(=O)[C@@H]2C[C@@H](O)CN2C(=O)[C@@H](NC(=O)CCCCCCCCCNC(=O)OC(C)(C)C)C(C)(C)C)cc1. The van der Waals surface area contributed by atoms with E-state index < -0.39 is 82.4 Å². The average Bonchev–Trinajstić information content (AvgIpc) is 1.60. The van der Waals surface area contributed by atoms with Crippen LogP contribution < -0.4 is 43.4 Å². The van der Waals surface area contributed by atoms with Crippen LogP contribution >= 0.6 is 34.0 Å². The summed E-state index contributed by atoms with van der Waals surface area (Å²) in [5.74, 6) is -2.93. The van der Waals surface area contributed by atoms with Gasteiger partial charge in [0.15, 0.2) is 0 Å². The smallest absolute Gasteiger partial charge is 0.407 e. The number of amides is 9. The van der Waals surface area contributed by atoms with Crippen molar-refractivity contribution in [1.29, 1.82) is 0 Å². The summed E-state index contributed by atoms with van der Waals surface area (Å²) in [4.78, 5) is 148. The molecule has 3 saturated heterocycles. The number of benzene rings is 3. The van der Waals surface area contributed by atoms with Gasteiger partial charge in [-0.15, -0.1) is 34.0 Å². The summed E-state index contributed by atoms with van der Waals surface area (Å²) >= 11 is 4.77. The van der Waals surface area contributed by atoms with Gasteiger partial charge in [-0.3, -0.25) is 43.2 Å². The molecule has 14 N–H and O–H groups in total. The van der Waals surface area contributed by atoms with E-state index in [-0.39, 0.29) is 92.2 Å². The highest BCUT2D eigenvalue weighted by Crippen LogP contribution is 2.34. The molecule has 3 aliphatic rings. The average molecular weight is 1920 g/mol. The van der Waals surface area contributed by atoms with Crippen LogP contribution in [0.3, 0.4) is 0 Å². The zero-order valence-electron chi connectivity index (χ0n) is 82.7. The first kappa shape index (κ1) is 114. The highest BCUT2D eigenvalue weighted by molar-refractivity contribution is 7.14. The highest BCUT2D eigenvalue weighted by Gasteiger charge is 2.47. The van der Waals surface area contributed by atoms with Crippen molar-refractivity contribution in [2.45, 2.75) is 370 Å². The molecule has 744 valence electrons. The zero-order valence-corrected chi connectivity index (χ0v) is 85.1. The summed E-state index contributed by atoms with van der Waals surface area (Å²) in [7, 11) is 0. The number of nitrogens with two attached hydrogens (primary N) is 2. The predicted molar refractivity (Wildman–Crippen MR) is 533 cm³/mol. The van der Waals surface area contributed by atoms with E-state index >= 15 is 0 Å². The number of carboxylic acids is 1. The third-order valence-corrected chi connectivity index (χ3v) is 26.9. The fourth-order valence-electron chi connectivity index (χ4n) is 16.1. The quantitative estimate of drug-likeness (QED) is 0.0158. The van der Waals surface area contributed by atoms with Gasteiger partial charge in [-0.25, -0.2) is 19.7 Å². The number of alkyl carbamates (subject to hydrolysis) is 1. The van der Waals surface area contributed by atoms with Gasteiger partial charge >= 0.3 is 12.1 Å². The lowest BCUT2D eigenvalue weighted by Crippen LogP contribution is -2.57. The fraction of sp³-hybridized carbons (Fsp3) is 0.637. The van der Waals surface area contributed by atoms with E-state index in [2.05, 4.69) is 53.8 Å². The molecule has 0 radical (unpaired) electrons. The highest BCUT2D eigenvalue weighted by atomic mass is 32.1. The molecule has 134 heavy (non-hydrogen) atoms. The lowest BCUT2D eigenvalue weighted by atomic mass is 9.85. The third kappa shape index (κ3) is 39.9. The van der Waals surface area contributed by atoms with Crippen molar-refractivity contribution in [3.8, 4) is 31.3 Å². The van der Waals surface area contributed by atoms with Crippen molar-refractivity contribution >= 4 is 93.3 Å². The molecule has 29 nitrogen and oxygen atoms in total. The first-order valence-electron chi connectivity index (χ1n) is 48.4. The van der Waals surface area contributed by atoms with Crippen LogP contribution in [0, 0.1) is 37.0 Å². The van der Waals surface area contributed by atoms with Crippen molar-refractivity contribution in [2.24, 2.45) is 27.7 Å². The molecule has 0 bridgehead atoms. The van der Waals surface area contributed by atoms with Gasteiger partial charge in [0, 0.05) is 84.3 Å². The topological polar surface area (TPSA) is 433 Å². The number of likely N-dealkylation sites (tertiary alicyclic amines) is 3. The van der Waals surface area contributed by atoms with Gasteiger partial charge in [-0.2, -0.15) is 0 Å². The van der Waals surface area contributed by atoms with Crippen molar-refractivity contribution in [2.75, 3.05) is 32.7 Å². The van der Waals surface area contributed by atoms with E-state index in [4.69, 9.17) is 21.3 Å². The van der Waals surface area contributed by atoms with Crippen LogP contribution in [0.1, 0.15) is 304 Å². The van der Waals surface area contributed by atoms with Gasteiger partial charge in [-0.1, -0.05) is 251 Å². The number of aromatic nitrogens is 3. The second-order valence-corrected chi connectivity index (χ2v) is 42.7. The van der Waals surface area contributed by atoms with Gasteiger partial charge < -0.3 is 83.2 Å². The van der Waals surface area contributed by atoms with Gasteiger partial charge in [0.2, 0.25) is 47.3 Å². The maximum Gasteiger partial charge on any atom is 0.407 e. The van der Waals surface area contributed by atoms with Gasteiger partial charge in [0.1, 0.15) is 35.8 Å². The number of hydrogen-bond donors (Lipinski definition) is 12. The van der Waals surface area contributed by atoms with Crippen LogP contribution in [0.25, 0.3) is 31.3 Å². The van der Waals surface area contributed by atoms with Crippen molar-refractivity contribution in [3.63, 3.8) is 0 Å². The molecule has 6 heterocycles. The monoisotopic (exact) mass is 1920 g/mol. The fourth-order valence-corrected chi connectivity index (χ4v) is 18.5. The molecule has 0 spiro atoms. The summed E-state index contributed by atoms with van der Waals surface area (Å²) in [5, 5.41) is 56.8. The Kier molecular flexibility index (Phi) is 48.4. The number of carboxylic acid groups (broad SMARTS) is 1. The van der Waals surface area contributed by atoms with E-state index in [0.29, 0.717) is 45.4 Å². The number of carbonyl (C=O) groups excluding carboxylic acids is 9. The molecule has 9 atom stereocenters. The molecule has 0 aliphatic carbocycles. The number of aliphatic hydroxyl groups excluding tert-OH is 3. The zero-order chi connectivity index (χ0) is 98.9. The van der Waals surface area contributed by atoms with Crippen LogP contribution in [0.4, 0.5) is 4.79 Å². The number of aliphatic carboxylic acids is 1. The maximum atomic E-state index is 13.8. The number of β-amino-alcohol motifs (C(OH)–C–C–N with tert-alkyl or cyclic N) is 3. The molecule has 9 rings (SSSR count). The van der Waals surface area contributed by atoms with Gasteiger partial charge in [0.25, 0.3) is 0 Å². The van der Waals surface area contributed by atoms with E-state index in [1.807, 2.05) is 193 Å². The minimum atomic E-state index is -0.836. The Hall–Kier alpha value is -9.15. The van der Waals surface area contributed by atoms with Crippen LogP contribution in [0.5, 0.6) is 0 Å². The molecule has 9 amide bonds. The van der Waals surface area contributed by atoms with E-state index in [1.54, 1.807) is 34.0 Å². The van der Waals surface area contributed by atoms with Crippen LogP contribution in [0.2, 0.25) is 0 Å². The van der Waals surface area contributed by atoms with Gasteiger partial charge in [-0.05, 0) is 130 Å². The summed E-state index contributed by atoms with van der Waals surface area (Å²) in [6.07, 6.45) is 22.5. The minimum absolute atomic E-state index is 0.0410. The maximum absolute atomic E-state index is 13.8. The molecular formula is C102H158N14O15S3. The standard InChI is InChI=1S/C37H57N5O6S.C32H49N5O4S.C22H30N4O3S.C11H22O2/c1-25-31(49-24-40-25)27-18-16-26(17-19-27)22-39-33(45)29-21-28(43)23-42(29)34(46)32(36(2,3)4)41-30(44)15-13-11-9-8-10-12-14-20-38-35(47)48-37(5,6)7;1-22-28(42-21-35-22)24-15-13-23(14-16-24)19-34-30(40)26-18-25(38)20-37(26)31(41)29(32(2,3)4)36-27(39)12-10-8-6-5-7-9-11-17-33;1-13-18(30-12-25-13)15-7-5-14(6-8-15)10-24-20(28)17-9-16(27)11-26(17)21(29)19(23)22(2,3)4;1-2-3-4-5-6-7-8-9-10-11(12)13/h16-19,24,28-29,32,43H,8-15,20-23H2,1-7H3,(H,38,47)(H,39,45)(H,41,44);13-16,21,25-26,29,38H,5-12,17-20,33H2,1-4H3,(H,34,40)(H,36,39);5-8,12,16-17,19,27H,9-11,23H2,1-4H3,(H,24,28);2-10H2,1H3,(H,12,13)/t28-,29+,32-;25-,26+,29-;16-,17+,19-;/m111./s1. The molecule has 3 aliphatic heterocycles. The number of carbonyl (C=O) groups is 10. The minimum Gasteiger partial charge on any atom is -0.481 e. The van der Waals surface area contributed by atoms with Crippen LogP contribution in [-0.2, 0) is 67.5 Å². The van der Waals surface area contributed by atoms with Crippen molar-refractivity contribution in [3.05, 3.63) is 123 Å². The number of rotatable bonds is 45. The summed E-state index contributed by atoms with van der Waals surface area (Å²) in [6, 6.07) is 19.1. The third-order valence-electron chi connectivity index (χ3n) is 24.0. The predicted octanol–water partition coefficient (Wildman–Crippen LogP) is 15.9. The Morgan fingerprint density at radius 3 is 1.00 bits per heavy atom. The molecule has 0 saturated carbocycles. The molecular weight excluding hydrogens is 1760 g/mol. The van der Waals surface area contributed by atoms with Crippen LogP contribution in [0.15, 0.2) is 89.3 Å². The van der Waals surface area contributed by atoms with E-state index in [0.717, 1.165) is 168 Å². The van der Waals surface area contributed by atoms with Crippen molar-refractivity contribution < 1.29 is 73.1 Å².